The van der Waals surface area contributed by atoms with Crippen molar-refractivity contribution in [3.63, 3.8) is 0 Å². The number of aromatic amines is 1. The summed E-state index contributed by atoms with van der Waals surface area (Å²) >= 11 is 6.69. The molecule has 2 aromatic rings. The standard InChI is InChI=1S/C13H12Br2N2O/c1-3-10-11(15)13(18)17-12(16-10)9-5-4-8(14)6-7(9)2/h4-6H,3H2,1-2H3,(H,16,17,18). The van der Waals surface area contributed by atoms with E-state index < -0.39 is 0 Å². The molecule has 0 aliphatic carbocycles. The molecule has 1 heterocycles. The Bertz CT molecular complexity index is 650. The van der Waals surface area contributed by atoms with Crippen LogP contribution >= 0.6 is 31.9 Å². The second kappa shape index (κ2) is 5.36. The molecule has 0 radical (unpaired) electrons. The van der Waals surface area contributed by atoms with E-state index in [0.717, 1.165) is 21.3 Å². The molecule has 0 aliphatic heterocycles. The maximum absolute atomic E-state index is 11.8. The van der Waals surface area contributed by atoms with Gasteiger partial charge in [0.25, 0.3) is 5.56 Å². The molecule has 0 spiro atoms. The second-order valence-electron chi connectivity index (χ2n) is 3.99. The topological polar surface area (TPSA) is 45.8 Å². The monoisotopic (exact) mass is 370 g/mol. The lowest BCUT2D eigenvalue weighted by Crippen LogP contribution is -2.13. The van der Waals surface area contributed by atoms with E-state index >= 15 is 0 Å². The number of benzene rings is 1. The second-order valence-corrected chi connectivity index (χ2v) is 5.70. The van der Waals surface area contributed by atoms with Crippen LogP contribution in [0.1, 0.15) is 18.2 Å². The molecule has 0 unspecified atom stereocenters. The fraction of sp³-hybridized carbons (Fsp3) is 0.231. The first kappa shape index (κ1) is 13.5. The quantitative estimate of drug-likeness (QED) is 0.871. The maximum atomic E-state index is 11.8. The zero-order valence-electron chi connectivity index (χ0n) is 10.1. The first-order valence-corrected chi connectivity index (χ1v) is 7.16. The first-order valence-electron chi connectivity index (χ1n) is 5.58. The number of aromatic nitrogens is 2. The molecule has 94 valence electrons. The lowest BCUT2D eigenvalue weighted by Gasteiger charge is -2.08. The Hall–Kier alpha value is -0.940. The molecule has 0 atom stereocenters. The predicted molar refractivity (Wildman–Crippen MR) is 79.8 cm³/mol. The highest BCUT2D eigenvalue weighted by Gasteiger charge is 2.10. The molecular weight excluding hydrogens is 360 g/mol. The number of hydrogen-bond acceptors (Lipinski definition) is 2. The Kier molecular flexibility index (Phi) is 4.02. The van der Waals surface area contributed by atoms with Gasteiger partial charge in [0.1, 0.15) is 10.3 Å². The third-order valence-electron chi connectivity index (χ3n) is 2.71. The Balaban J connectivity index is 2.64. The average molecular weight is 372 g/mol. The average Bonchev–Trinajstić information content (AvgIpc) is 2.32. The van der Waals surface area contributed by atoms with Crippen molar-refractivity contribution in [1.29, 1.82) is 0 Å². The summed E-state index contributed by atoms with van der Waals surface area (Å²) < 4.78 is 1.53. The van der Waals surface area contributed by atoms with Crippen LogP contribution in [0.5, 0.6) is 0 Å². The number of halogens is 2. The third-order valence-corrected chi connectivity index (χ3v) is 4.02. The Morgan fingerprint density at radius 1 is 1.33 bits per heavy atom. The van der Waals surface area contributed by atoms with Crippen molar-refractivity contribution < 1.29 is 0 Å². The Morgan fingerprint density at radius 3 is 2.67 bits per heavy atom. The van der Waals surface area contributed by atoms with Crippen LogP contribution in [0.25, 0.3) is 11.4 Å². The SMILES string of the molecule is CCc1nc(-c2ccc(Br)cc2C)[nH]c(=O)c1Br. The van der Waals surface area contributed by atoms with Gasteiger partial charge < -0.3 is 4.98 Å². The molecule has 18 heavy (non-hydrogen) atoms. The fourth-order valence-electron chi connectivity index (χ4n) is 1.76. The minimum Gasteiger partial charge on any atom is -0.306 e. The van der Waals surface area contributed by atoms with E-state index in [1.165, 1.54) is 0 Å². The van der Waals surface area contributed by atoms with Crippen LogP contribution in [0.4, 0.5) is 0 Å². The highest BCUT2D eigenvalue weighted by Crippen LogP contribution is 2.24. The summed E-state index contributed by atoms with van der Waals surface area (Å²) in [5.74, 6) is 0.616. The van der Waals surface area contributed by atoms with E-state index in [1.54, 1.807) is 0 Å². The lowest BCUT2D eigenvalue weighted by atomic mass is 10.1. The van der Waals surface area contributed by atoms with Gasteiger partial charge in [-0.3, -0.25) is 4.79 Å². The van der Waals surface area contributed by atoms with Crippen LogP contribution in [-0.2, 0) is 6.42 Å². The van der Waals surface area contributed by atoms with Crippen molar-refractivity contribution in [2.24, 2.45) is 0 Å². The predicted octanol–water partition coefficient (Wildman–Crippen LogP) is 3.83. The maximum Gasteiger partial charge on any atom is 0.265 e. The number of nitrogens with zero attached hydrogens (tertiary/aromatic N) is 1. The van der Waals surface area contributed by atoms with Crippen LogP contribution < -0.4 is 5.56 Å². The van der Waals surface area contributed by atoms with Gasteiger partial charge in [-0.05, 0) is 53.0 Å². The van der Waals surface area contributed by atoms with Crippen LogP contribution in [0.3, 0.4) is 0 Å². The fourth-order valence-corrected chi connectivity index (χ4v) is 2.70. The van der Waals surface area contributed by atoms with Gasteiger partial charge >= 0.3 is 0 Å². The van der Waals surface area contributed by atoms with Gasteiger partial charge in [-0.15, -0.1) is 0 Å². The third kappa shape index (κ3) is 2.57. The number of rotatable bonds is 2. The van der Waals surface area contributed by atoms with Gasteiger partial charge in [-0.1, -0.05) is 22.9 Å². The molecule has 0 bridgehead atoms. The van der Waals surface area contributed by atoms with Crippen molar-refractivity contribution in [3.05, 3.63) is 48.8 Å². The van der Waals surface area contributed by atoms with E-state index in [9.17, 15) is 4.79 Å². The Labute approximate surface area is 122 Å². The van der Waals surface area contributed by atoms with E-state index in [4.69, 9.17) is 0 Å². The molecule has 1 N–H and O–H groups in total. The summed E-state index contributed by atoms with van der Waals surface area (Å²) in [4.78, 5) is 19.1. The normalized spacial score (nSPS) is 10.7. The van der Waals surface area contributed by atoms with Crippen molar-refractivity contribution >= 4 is 31.9 Å². The summed E-state index contributed by atoms with van der Waals surface area (Å²) in [6.07, 6.45) is 0.715. The molecule has 1 aromatic carbocycles. The summed E-state index contributed by atoms with van der Waals surface area (Å²) in [5, 5.41) is 0. The molecule has 2 rings (SSSR count). The molecular formula is C13H12Br2N2O. The van der Waals surface area contributed by atoms with Crippen molar-refractivity contribution in [1.82, 2.24) is 9.97 Å². The first-order chi connectivity index (χ1) is 8.52. The largest absolute Gasteiger partial charge is 0.306 e. The highest BCUT2D eigenvalue weighted by molar-refractivity contribution is 9.10. The smallest absolute Gasteiger partial charge is 0.265 e. The number of hydrogen-bond donors (Lipinski definition) is 1. The Morgan fingerprint density at radius 2 is 2.06 bits per heavy atom. The molecule has 0 saturated heterocycles. The molecule has 0 amide bonds. The summed E-state index contributed by atoms with van der Waals surface area (Å²) in [6, 6.07) is 5.89. The van der Waals surface area contributed by atoms with Crippen molar-refractivity contribution in [2.75, 3.05) is 0 Å². The minimum absolute atomic E-state index is 0.140. The van der Waals surface area contributed by atoms with Crippen LogP contribution in [0.15, 0.2) is 31.9 Å². The molecule has 3 nitrogen and oxygen atoms in total. The van der Waals surface area contributed by atoms with Gasteiger partial charge in [0, 0.05) is 10.0 Å². The van der Waals surface area contributed by atoms with E-state index in [1.807, 2.05) is 32.0 Å². The molecule has 0 aliphatic rings. The number of H-pyrrole nitrogens is 1. The van der Waals surface area contributed by atoms with E-state index in [-0.39, 0.29) is 5.56 Å². The van der Waals surface area contributed by atoms with Crippen LogP contribution in [-0.4, -0.2) is 9.97 Å². The zero-order chi connectivity index (χ0) is 13.3. The van der Waals surface area contributed by atoms with E-state index in [0.29, 0.717) is 16.7 Å². The van der Waals surface area contributed by atoms with Crippen molar-refractivity contribution in [3.8, 4) is 11.4 Å². The van der Waals surface area contributed by atoms with Gasteiger partial charge in [-0.25, -0.2) is 4.98 Å². The summed E-state index contributed by atoms with van der Waals surface area (Å²) in [7, 11) is 0. The summed E-state index contributed by atoms with van der Waals surface area (Å²) in [6.45, 7) is 3.97. The number of nitrogens with one attached hydrogen (secondary N) is 1. The van der Waals surface area contributed by atoms with Gasteiger partial charge in [0.15, 0.2) is 0 Å². The number of aryl methyl sites for hydroxylation is 2. The minimum atomic E-state index is -0.140. The van der Waals surface area contributed by atoms with Crippen molar-refractivity contribution in [2.45, 2.75) is 20.3 Å². The van der Waals surface area contributed by atoms with Gasteiger partial charge in [-0.2, -0.15) is 0 Å². The molecule has 1 aromatic heterocycles. The summed E-state index contributed by atoms with van der Waals surface area (Å²) in [5.41, 5.74) is 2.64. The molecule has 0 fully saturated rings. The molecule has 0 saturated carbocycles. The van der Waals surface area contributed by atoms with Crippen LogP contribution in [0.2, 0.25) is 0 Å². The van der Waals surface area contributed by atoms with Gasteiger partial charge in [0.2, 0.25) is 0 Å². The van der Waals surface area contributed by atoms with Crippen LogP contribution in [0, 0.1) is 6.92 Å². The zero-order valence-corrected chi connectivity index (χ0v) is 13.2. The highest BCUT2D eigenvalue weighted by atomic mass is 79.9. The van der Waals surface area contributed by atoms with E-state index in [2.05, 4.69) is 41.8 Å². The lowest BCUT2D eigenvalue weighted by molar-refractivity contribution is 0.969. The molecule has 5 heteroatoms. The van der Waals surface area contributed by atoms with Gasteiger partial charge in [0.05, 0.1) is 5.69 Å².